The summed E-state index contributed by atoms with van der Waals surface area (Å²) in [7, 11) is 0. The third kappa shape index (κ3) is 3.09. The van der Waals surface area contributed by atoms with Gasteiger partial charge in [0, 0.05) is 11.4 Å². The SMILES string of the molecule is O=C(Nc1ccc([N+](=O)[O-])cc1O)c1csc(Br)c1. The van der Waals surface area contributed by atoms with Gasteiger partial charge in [-0.15, -0.1) is 11.3 Å². The Morgan fingerprint density at radius 2 is 2.16 bits per heavy atom. The highest BCUT2D eigenvalue weighted by molar-refractivity contribution is 9.11. The van der Waals surface area contributed by atoms with Crippen LogP contribution >= 0.6 is 27.3 Å². The molecule has 0 aliphatic rings. The van der Waals surface area contributed by atoms with Crippen molar-refractivity contribution < 1.29 is 14.8 Å². The molecule has 2 aromatic rings. The number of rotatable bonds is 3. The third-order valence-electron chi connectivity index (χ3n) is 2.27. The lowest BCUT2D eigenvalue weighted by Crippen LogP contribution is -2.10. The van der Waals surface area contributed by atoms with E-state index in [0.29, 0.717) is 5.56 Å². The zero-order valence-electron chi connectivity index (χ0n) is 9.29. The molecule has 8 heteroatoms. The number of thiophene rings is 1. The van der Waals surface area contributed by atoms with Crippen molar-refractivity contribution in [3.63, 3.8) is 0 Å². The molecule has 0 unspecified atom stereocenters. The zero-order valence-corrected chi connectivity index (χ0v) is 11.7. The average molecular weight is 343 g/mol. The molecule has 1 amide bonds. The Kier molecular flexibility index (Phi) is 3.82. The summed E-state index contributed by atoms with van der Waals surface area (Å²) in [6.45, 7) is 0. The first kappa shape index (κ1) is 13.5. The van der Waals surface area contributed by atoms with Crippen LogP contribution in [0.3, 0.4) is 0 Å². The van der Waals surface area contributed by atoms with Crippen molar-refractivity contribution >= 4 is 44.5 Å². The first-order chi connectivity index (χ1) is 8.97. The van der Waals surface area contributed by atoms with Crippen LogP contribution in [0.2, 0.25) is 0 Å². The van der Waals surface area contributed by atoms with Gasteiger partial charge in [-0.05, 0) is 28.1 Å². The van der Waals surface area contributed by atoms with E-state index in [-0.39, 0.29) is 17.1 Å². The third-order valence-corrected chi connectivity index (χ3v) is 3.77. The summed E-state index contributed by atoms with van der Waals surface area (Å²) in [5.74, 6) is -0.747. The van der Waals surface area contributed by atoms with E-state index in [1.807, 2.05) is 0 Å². The van der Waals surface area contributed by atoms with Crippen LogP contribution < -0.4 is 5.32 Å². The van der Waals surface area contributed by atoms with E-state index < -0.39 is 10.8 Å². The molecule has 0 bridgehead atoms. The van der Waals surface area contributed by atoms with E-state index in [0.717, 1.165) is 9.85 Å². The smallest absolute Gasteiger partial charge is 0.273 e. The first-order valence-corrected chi connectivity index (χ1v) is 6.67. The fraction of sp³-hybridized carbons (Fsp3) is 0. The van der Waals surface area contributed by atoms with Crippen molar-refractivity contribution in [2.45, 2.75) is 0 Å². The van der Waals surface area contributed by atoms with Crippen molar-refractivity contribution in [2.24, 2.45) is 0 Å². The molecule has 0 atom stereocenters. The Balaban J connectivity index is 2.20. The number of nitro groups is 1. The fourth-order valence-electron chi connectivity index (χ4n) is 1.36. The first-order valence-electron chi connectivity index (χ1n) is 5.00. The minimum atomic E-state index is -0.624. The Morgan fingerprint density at radius 1 is 1.42 bits per heavy atom. The number of anilines is 1. The van der Waals surface area contributed by atoms with Crippen LogP contribution in [-0.2, 0) is 0 Å². The highest BCUT2D eigenvalue weighted by Gasteiger charge is 2.13. The number of hydrogen-bond acceptors (Lipinski definition) is 5. The van der Waals surface area contributed by atoms with Gasteiger partial charge in [0.15, 0.2) is 0 Å². The Bertz CT molecular complexity index is 656. The number of non-ortho nitro benzene ring substituents is 1. The highest BCUT2D eigenvalue weighted by Crippen LogP contribution is 2.29. The second-order valence-corrected chi connectivity index (χ2v) is 5.84. The van der Waals surface area contributed by atoms with Gasteiger partial charge in [-0.2, -0.15) is 0 Å². The van der Waals surface area contributed by atoms with Crippen LogP contribution in [0.25, 0.3) is 0 Å². The minimum absolute atomic E-state index is 0.123. The second kappa shape index (κ2) is 5.37. The van der Waals surface area contributed by atoms with Gasteiger partial charge < -0.3 is 10.4 Å². The molecule has 0 fully saturated rings. The quantitative estimate of drug-likeness (QED) is 0.508. The molecule has 1 aromatic carbocycles. The van der Waals surface area contributed by atoms with Crippen LogP contribution in [-0.4, -0.2) is 15.9 Å². The van der Waals surface area contributed by atoms with E-state index in [9.17, 15) is 20.0 Å². The lowest BCUT2D eigenvalue weighted by Gasteiger charge is -2.05. The van der Waals surface area contributed by atoms with Crippen molar-refractivity contribution in [3.8, 4) is 5.75 Å². The number of nitro benzene ring substituents is 1. The van der Waals surface area contributed by atoms with Gasteiger partial charge in [0.25, 0.3) is 11.6 Å². The second-order valence-electron chi connectivity index (χ2n) is 3.55. The van der Waals surface area contributed by atoms with Gasteiger partial charge in [-0.25, -0.2) is 0 Å². The Labute approximate surface area is 120 Å². The lowest BCUT2D eigenvalue weighted by atomic mass is 10.2. The molecule has 0 radical (unpaired) electrons. The molecule has 1 aromatic heterocycles. The number of nitrogens with one attached hydrogen (secondary N) is 1. The molecule has 98 valence electrons. The number of halogens is 1. The predicted octanol–water partition coefficient (Wildman–Crippen LogP) is 3.38. The van der Waals surface area contributed by atoms with Gasteiger partial charge >= 0.3 is 0 Å². The molecule has 19 heavy (non-hydrogen) atoms. The Morgan fingerprint density at radius 3 is 2.68 bits per heavy atom. The number of aromatic hydroxyl groups is 1. The van der Waals surface area contributed by atoms with Gasteiger partial charge in [0.05, 0.1) is 26.0 Å². The number of hydrogen-bond donors (Lipinski definition) is 2. The van der Waals surface area contributed by atoms with Crippen LogP contribution in [0, 0.1) is 10.1 Å². The van der Waals surface area contributed by atoms with E-state index in [4.69, 9.17) is 0 Å². The number of nitrogens with zero attached hydrogens (tertiary/aromatic N) is 1. The number of phenols is 1. The molecule has 2 N–H and O–H groups in total. The van der Waals surface area contributed by atoms with Crippen LogP contribution in [0.4, 0.5) is 11.4 Å². The number of carbonyl (C=O) groups excluding carboxylic acids is 1. The minimum Gasteiger partial charge on any atom is -0.506 e. The summed E-state index contributed by atoms with van der Waals surface area (Å²) in [4.78, 5) is 21.7. The summed E-state index contributed by atoms with van der Waals surface area (Å²) in [6.07, 6.45) is 0. The molecule has 0 aliphatic heterocycles. The summed E-state index contributed by atoms with van der Waals surface area (Å²) in [6, 6.07) is 5.12. The highest BCUT2D eigenvalue weighted by atomic mass is 79.9. The van der Waals surface area contributed by atoms with Crippen molar-refractivity contribution in [1.29, 1.82) is 0 Å². The number of carbonyl (C=O) groups is 1. The van der Waals surface area contributed by atoms with E-state index >= 15 is 0 Å². The summed E-state index contributed by atoms with van der Waals surface area (Å²) in [5.41, 5.74) is 0.321. The molecule has 1 heterocycles. The average Bonchev–Trinajstić information content (AvgIpc) is 2.78. The monoisotopic (exact) mass is 342 g/mol. The van der Waals surface area contributed by atoms with Crippen LogP contribution in [0.1, 0.15) is 10.4 Å². The van der Waals surface area contributed by atoms with E-state index in [1.165, 1.54) is 23.5 Å². The maximum absolute atomic E-state index is 11.8. The number of phenolic OH excluding ortho intramolecular Hbond substituents is 1. The molecular formula is C11H7BrN2O4S. The van der Waals surface area contributed by atoms with Crippen molar-refractivity contribution in [2.75, 3.05) is 5.32 Å². The number of benzene rings is 1. The Hall–Kier alpha value is -1.93. The fourth-order valence-corrected chi connectivity index (χ4v) is 2.50. The number of amides is 1. The van der Waals surface area contributed by atoms with Crippen molar-refractivity contribution in [1.82, 2.24) is 0 Å². The maximum atomic E-state index is 11.8. The molecule has 0 saturated carbocycles. The molecule has 2 rings (SSSR count). The molecular weight excluding hydrogens is 336 g/mol. The largest absolute Gasteiger partial charge is 0.506 e. The van der Waals surface area contributed by atoms with Gasteiger partial charge in [-0.1, -0.05) is 0 Å². The van der Waals surface area contributed by atoms with Gasteiger partial charge in [0.1, 0.15) is 5.75 Å². The zero-order chi connectivity index (χ0) is 14.0. The molecule has 0 aliphatic carbocycles. The standard InChI is InChI=1S/C11H7BrN2O4S/c12-10-3-6(5-19-10)11(16)13-8-2-1-7(14(17)18)4-9(8)15/h1-5,15H,(H,13,16). The van der Waals surface area contributed by atoms with Gasteiger partial charge in [0.2, 0.25) is 0 Å². The normalized spacial score (nSPS) is 10.2. The maximum Gasteiger partial charge on any atom is 0.273 e. The molecule has 0 spiro atoms. The topological polar surface area (TPSA) is 92.5 Å². The lowest BCUT2D eigenvalue weighted by molar-refractivity contribution is -0.384. The predicted molar refractivity (Wildman–Crippen MR) is 74.7 cm³/mol. The summed E-state index contributed by atoms with van der Waals surface area (Å²) < 4.78 is 0.811. The summed E-state index contributed by atoms with van der Waals surface area (Å²) in [5, 5.41) is 24.3. The molecule has 6 nitrogen and oxygen atoms in total. The van der Waals surface area contributed by atoms with E-state index in [1.54, 1.807) is 11.4 Å². The van der Waals surface area contributed by atoms with Crippen LogP contribution in [0.15, 0.2) is 33.4 Å². The van der Waals surface area contributed by atoms with Gasteiger partial charge in [-0.3, -0.25) is 14.9 Å². The molecule has 0 saturated heterocycles. The van der Waals surface area contributed by atoms with Crippen LogP contribution in [0.5, 0.6) is 5.75 Å². The van der Waals surface area contributed by atoms with E-state index in [2.05, 4.69) is 21.2 Å². The summed E-state index contributed by atoms with van der Waals surface area (Å²) >= 11 is 4.60. The van der Waals surface area contributed by atoms with Crippen molar-refractivity contribution in [3.05, 3.63) is 49.1 Å².